The third-order valence-electron chi connectivity index (χ3n) is 3.91. The highest BCUT2D eigenvalue weighted by atomic mass is 16.6. The minimum Gasteiger partial charge on any atom is -0.467 e. The molecule has 6 heteroatoms. The largest absolute Gasteiger partial charge is 0.467 e. The molecule has 0 spiro atoms. The van der Waals surface area contributed by atoms with E-state index in [9.17, 15) is 14.7 Å². The van der Waals surface area contributed by atoms with Gasteiger partial charge in [0.25, 0.3) is 0 Å². The van der Waals surface area contributed by atoms with Crippen molar-refractivity contribution in [3.8, 4) is 0 Å². The molecule has 0 aromatic heterocycles. The number of methoxy groups -OCH3 is 1. The normalized spacial score (nSPS) is 29.2. The van der Waals surface area contributed by atoms with Gasteiger partial charge in [-0.25, -0.2) is 9.59 Å². The Morgan fingerprint density at radius 3 is 2.15 bits per heavy atom. The Hall–Kier alpha value is -1.30. The van der Waals surface area contributed by atoms with Crippen LogP contribution in [0.3, 0.4) is 0 Å². The molecule has 1 rings (SSSR count). The quantitative estimate of drug-likeness (QED) is 0.741. The smallest absolute Gasteiger partial charge is 0.411 e. The number of amides is 1. The van der Waals surface area contributed by atoms with Crippen molar-refractivity contribution in [1.82, 2.24) is 4.90 Å². The topological polar surface area (TPSA) is 76.1 Å². The molecule has 1 heterocycles. The molecular formula is C14H25NO5. The van der Waals surface area contributed by atoms with Gasteiger partial charge in [0, 0.05) is 5.41 Å². The molecular weight excluding hydrogens is 262 g/mol. The molecule has 0 saturated carbocycles. The number of esters is 1. The van der Waals surface area contributed by atoms with E-state index in [1.54, 1.807) is 41.5 Å². The zero-order chi connectivity index (χ0) is 15.9. The van der Waals surface area contributed by atoms with E-state index in [2.05, 4.69) is 0 Å². The first-order valence-electron chi connectivity index (χ1n) is 6.63. The number of β-amino-alcohol motifs (C(OH)–C–C–N with tert-alkyl or cyclic N) is 1. The van der Waals surface area contributed by atoms with Crippen LogP contribution in [0.25, 0.3) is 0 Å². The van der Waals surface area contributed by atoms with Crippen LogP contribution in [0.2, 0.25) is 0 Å². The van der Waals surface area contributed by atoms with Crippen LogP contribution in [0, 0.1) is 5.41 Å². The lowest BCUT2D eigenvalue weighted by Crippen LogP contribution is -2.50. The number of likely N-dealkylation sites (tertiary alicyclic amines) is 1. The lowest BCUT2D eigenvalue weighted by atomic mass is 9.74. The molecule has 0 bridgehead atoms. The van der Waals surface area contributed by atoms with Gasteiger partial charge in [0.15, 0.2) is 0 Å². The van der Waals surface area contributed by atoms with Crippen molar-refractivity contribution in [3.05, 3.63) is 0 Å². The number of aliphatic hydroxyl groups is 1. The molecule has 1 amide bonds. The zero-order valence-electron chi connectivity index (χ0n) is 13.3. The van der Waals surface area contributed by atoms with Crippen molar-refractivity contribution in [2.24, 2.45) is 5.41 Å². The van der Waals surface area contributed by atoms with Crippen molar-refractivity contribution in [2.75, 3.05) is 13.7 Å². The molecule has 1 aliphatic rings. The molecule has 0 aromatic rings. The average molecular weight is 287 g/mol. The predicted molar refractivity (Wildman–Crippen MR) is 73.1 cm³/mol. The van der Waals surface area contributed by atoms with Crippen molar-refractivity contribution >= 4 is 12.1 Å². The van der Waals surface area contributed by atoms with E-state index in [-0.39, 0.29) is 6.54 Å². The maximum atomic E-state index is 12.3. The summed E-state index contributed by atoms with van der Waals surface area (Å²) in [5.41, 5.74) is -2.71. The number of ether oxygens (including phenoxy) is 2. The van der Waals surface area contributed by atoms with Gasteiger partial charge in [-0.1, -0.05) is 13.8 Å². The van der Waals surface area contributed by atoms with Crippen molar-refractivity contribution in [2.45, 2.75) is 58.8 Å². The van der Waals surface area contributed by atoms with Crippen LogP contribution in [0.4, 0.5) is 4.79 Å². The Morgan fingerprint density at radius 1 is 1.25 bits per heavy atom. The van der Waals surface area contributed by atoms with Gasteiger partial charge < -0.3 is 14.6 Å². The lowest BCUT2D eigenvalue weighted by Gasteiger charge is -2.35. The minimum absolute atomic E-state index is 0.0225. The molecule has 1 N–H and O–H groups in total. The molecule has 116 valence electrons. The van der Waals surface area contributed by atoms with Crippen LogP contribution >= 0.6 is 0 Å². The zero-order valence-corrected chi connectivity index (χ0v) is 13.3. The highest BCUT2D eigenvalue weighted by molar-refractivity contribution is 5.83. The van der Waals surface area contributed by atoms with E-state index in [4.69, 9.17) is 9.47 Å². The summed E-state index contributed by atoms with van der Waals surface area (Å²) in [4.78, 5) is 25.5. The fraction of sp³-hybridized carbons (Fsp3) is 0.857. The fourth-order valence-corrected chi connectivity index (χ4v) is 2.33. The molecule has 0 aromatic carbocycles. The average Bonchev–Trinajstić information content (AvgIpc) is 2.42. The monoisotopic (exact) mass is 287 g/mol. The van der Waals surface area contributed by atoms with Crippen LogP contribution in [-0.2, 0) is 14.3 Å². The van der Waals surface area contributed by atoms with E-state index < -0.39 is 34.7 Å². The number of rotatable bonds is 1. The first-order chi connectivity index (χ1) is 8.83. The van der Waals surface area contributed by atoms with Gasteiger partial charge in [-0.05, 0) is 27.7 Å². The SMILES string of the molecule is COC(=O)C1N(C(=O)OC(C)(C)C)CC(C)(O)C1(C)C. The molecule has 1 aliphatic heterocycles. The number of hydrogen-bond acceptors (Lipinski definition) is 5. The molecule has 0 aliphatic carbocycles. The maximum absolute atomic E-state index is 12.3. The van der Waals surface area contributed by atoms with Gasteiger partial charge >= 0.3 is 12.1 Å². The van der Waals surface area contributed by atoms with E-state index in [0.29, 0.717) is 0 Å². The third-order valence-corrected chi connectivity index (χ3v) is 3.91. The van der Waals surface area contributed by atoms with Gasteiger partial charge in [-0.2, -0.15) is 0 Å². The first kappa shape index (κ1) is 16.8. The van der Waals surface area contributed by atoms with Crippen LogP contribution in [0.5, 0.6) is 0 Å². The summed E-state index contributed by atoms with van der Waals surface area (Å²) >= 11 is 0. The second-order valence-corrected chi connectivity index (χ2v) is 7.03. The van der Waals surface area contributed by atoms with Crippen LogP contribution in [0.15, 0.2) is 0 Å². The van der Waals surface area contributed by atoms with E-state index in [1.807, 2.05) is 0 Å². The highest BCUT2D eigenvalue weighted by Gasteiger charge is 2.60. The van der Waals surface area contributed by atoms with Crippen molar-refractivity contribution in [3.63, 3.8) is 0 Å². The molecule has 1 fully saturated rings. The molecule has 0 radical (unpaired) electrons. The number of carbonyl (C=O) groups excluding carboxylic acids is 2. The summed E-state index contributed by atoms with van der Waals surface area (Å²) < 4.78 is 10.1. The Bertz CT molecular complexity index is 408. The van der Waals surface area contributed by atoms with Crippen LogP contribution in [0.1, 0.15) is 41.5 Å². The van der Waals surface area contributed by atoms with Gasteiger partial charge in [0.05, 0.1) is 19.3 Å². The van der Waals surface area contributed by atoms with Gasteiger partial charge in [-0.15, -0.1) is 0 Å². The van der Waals surface area contributed by atoms with Crippen molar-refractivity contribution in [1.29, 1.82) is 0 Å². The summed E-state index contributed by atoms with van der Waals surface area (Å²) in [7, 11) is 1.26. The Balaban J connectivity index is 3.12. The van der Waals surface area contributed by atoms with Crippen LogP contribution in [-0.4, -0.2) is 53.0 Å². The standard InChI is InChI=1S/C14H25NO5/c1-12(2,3)20-11(17)15-8-14(6,18)13(4,5)9(15)10(16)19-7/h9,18H,8H2,1-7H3. The molecule has 1 saturated heterocycles. The Labute approximate surface area is 120 Å². The van der Waals surface area contributed by atoms with E-state index in [0.717, 1.165) is 0 Å². The fourth-order valence-electron chi connectivity index (χ4n) is 2.33. The second kappa shape index (κ2) is 4.91. The van der Waals surface area contributed by atoms with Crippen LogP contribution < -0.4 is 0 Å². The van der Waals surface area contributed by atoms with Gasteiger partial charge in [0.1, 0.15) is 11.6 Å². The highest BCUT2D eigenvalue weighted by Crippen LogP contribution is 2.44. The number of hydrogen-bond donors (Lipinski definition) is 1. The third kappa shape index (κ3) is 2.90. The summed E-state index contributed by atoms with van der Waals surface area (Å²) in [5, 5.41) is 10.5. The van der Waals surface area contributed by atoms with E-state index >= 15 is 0 Å². The van der Waals surface area contributed by atoms with Crippen molar-refractivity contribution < 1.29 is 24.2 Å². The van der Waals surface area contributed by atoms with Gasteiger partial charge in [0.2, 0.25) is 0 Å². The summed E-state index contributed by atoms with van der Waals surface area (Å²) in [6, 6.07) is -0.877. The second-order valence-electron chi connectivity index (χ2n) is 7.03. The molecule has 20 heavy (non-hydrogen) atoms. The molecule has 2 unspecified atom stereocenters. The predicted octanol–water partition coefficient (Wildman–Crippen LogP) is 1.56. The van der Waals surface area contributed by atoms with E-state index in [1.165, 1.54) is 12.0 Å². The molecule has 6 nitrogen and oxygen atoms in total. The number of carbonyl (C=O) groups is 2. The summed E-state index contributed by atoms with van der Waals surface area (Å²) in [5.74, 6) is -0.557. The maximum Gasteiger partial charge on any atom is 0.411 e. The summed E-state index contributed by atoms with van der Waals surface area (Å²) in [6.07, 6.45) is -0.626. The van der Waals surface area contributed by atoms with Gasteiger partial charge in [-0.3, -0.25) is 4.90 Å². The Kier molecular flexibility index (Phi) is 4.11. The minimum atomic E-state index is -1.21. The number of nitrogens with zero attached hydrogens (tertiary/aromatic N) is 1. The summed E-state index contributed by atoms with van der Waals surface area (Å²) in [6.45, 7) is 10.3. The Morgan fingerprint density at radius 2 is 1.75 bits per heavy atom. The molecule has 2 atom stereocenters. The first-order valence-corrected chi connectivity index (χ1v) is 6.63. The lowest BCUT2D eigenvalue weighted by molar-refractivity contribution is -0.150.